The van der Waals surface area contributed by atoms with Crippen LogP contribution in [0.2, 0.25) is 0 Å². The van der Waals surface area contributed by atoms with Crippen LogP contribution in [0.5, 0.6) is 0 Å². The molecule has 0 saturated heterocycles. The van der Waals surface area contributed by atoms with E-state index in [1.54, 1.807) is 12.1 Å². The highest BCUT2D eigenvalue weighted by atomic mass is 32.2. The van der Waals surface area contributed by atoms with E-state index in [4.69, 9.17) is 0 Å². The van der Waals surface area contributed by atoms with E-state index in [1.807, 2.05) is 0 Å². The van der Waals surface area contributed by atoms with Gasteiger partial charge in [-0.05, 0) is 43.7 Å². The monoisotopic (exact) mass is 359 g/mol. The molecule has 1 aromatic carbocycles. The molecule has 23 heavy (non-hydrogen) atoms. The number of nitrogens with one attached hydrogen (secondary N) is 1. The Morgan fingerprint density at radius 2 is 1.96 bits per heavy atom. The maximum absolute atomic E-state index is 13.5. The summed E-state index contributed by atoms with van der Waals surface area (Å²) in [5.41, 5.74) is -0.215. The second-order valence-corrected chi connectivity index (χ2v) is 7.94. The minimum atomic E-state index is -3.77. The van der Waals surface area contributed by atoms with E-state index in [0.717, 1.165) is 23.1 Å². The van der Waals surface area contributed by atoms with Crippen LogP contribution >= 0.6 is 11.3 Å². The maximum Gasteiger partial charge on any atom is 0.215 e. The molecule has 0 unspecified atom stereocenters. The Morgan fingerprint density at radius 1 is 1.22 bits per heavy atom. The van der Waals surface area contributed by atoms with E-state index in [1.165, 1.54) is 18.3 Å². The van der Waals surface area contributed by atoms with E-state index in [2.05, 4.69) is 4.72 Å². The van der Waals surface area contributed by atoms with Crippen LogP contribution in [-0.2, 0) is 22.2 Å². The molecule has 0 fully saturated rings. The Bertz CT molecular complexity index is 816. The normalized spacial score (nSPS) is 11.6. The number of hydrogen-bond donors (Lipinski definition) is 1. The summed E-state index contributed by atoms with van der Waals surface area (Å²) in [7, 11) is -3.77. The van der Waals surface area contributed by atoms with Gasteiger partial charge >= 0.3 is 0 Å². The molecule has 2 rings (SSSR count). The van der Waals surface area contributed by atoms with Crippen molar-refractivity contribution < 1.29 is 22.0 Å². The topological polar surface area (TPSA) is 63.2 Å². The number of rotatable bonds is 7. The van der Waals surface area contributed by atoms with E-state index in [9.17, 15) is 22.0 Å². The highest BCUT2D eigenvalue weighted by Gasteiger charge is 2.15. The van der Waals surface area contributed by atoms with Gasteiger partial charge in [-0.1, -0.05) is 0 Å². The first kappa shape index (κ1) is 17.7. The zero-order valence-corrected chi connectivity index (χ0v) is 13.9. The lowest BCUT2D eigenvalue weighted by atomic mass is 10.2. The Kier molecular flexibility index (Phi) is 5.61. The molecule has 1 aromatic heterocycles. The summed E-state index contributed by atoms with van der Waals surface area (Å²) < 4.78 is 52.7. The minimum absolute atomic E-state index is 0.0385. The summed E-state index contributed by atoms with van der Waals surface area (Å²) in [6.45, 7) is 1.59. The van der Waals surface area contributed by atoms with Gasteiger partial charge in [-0.25, -0.2) is 21.9 Å². The molecule has 0 aliphatic heterocycles. The largest absolute Gasteiger partial charge is 0.294 e. The molecule has 0 radical (unpaired) electrons. The Labute approximate surface area is 137 Å². The van der Waals surface area contributed by atoms with Crippen LogP contribution in [-0.4, -0.2) is 20.7 Å². The molecule has 2 aromatic rings. The van der Waals surface area contributed by atoms with Crippen molar-refractivity contribution in [2.45, 2.75) is 19.1 Å². The fourth-order valence-electron chi connectivity index (χ4n) is 1.94. The Morgan fingerprint density at radius 3 is 2.61 bits per heavy atom. The zero-order chi connectivity index (χ0) is 17.0. The first-order valence-corrected chi connectivity index (χ1v) is 9.24. The third kappa shape index (κ3) is 5.19. The smallest absolute Gasteiger partial charge is 0.215 e. The number of sulfonamides is 1. The summed E-state index contributed by atoms with van der Waals surface area (Å²) in [5.74, 6) is -2.11. The first-order valence-electron chi connectivity index (χ1n) is 6.78. The van der Waals surface area contributed by atoms with Gasteiger partial charge in [0.25, 0.3) is 0 Å². The highest BCUT2D eigenvalue weighted by Crippen LogP contribution is 2.17. The van der Waals surface area contributed by atoms with Crippen LogP contribution in [0, 0.1) is 11.6 Å². The molecule has 0 bridgehead atoms. The quantitative estimate of drug-likeness (QED) is 0.773. The molecular weight excluding hydrogens is 344 g/mol. The van der Waals surface area contributed by atoms with Gasteiger partial charge in [0.15, 0.2) is 5.78 Å². The number of ketones is 1. The Hall–Kier alpha value is -1.64. The Balaban J connectivity index is 1.93. The third-order valence-corrected chi connectivity index (χ3v) is 5.64. The lowest BCUT2D eigenvalue weighted by Gasteiger charge is -2.07. The van der Waals surface area contributed by atoms with Crippen molar-refractivity contribution in [1.29, 1.82) is 0 Å². The number of benzene rings is 1. The lowest BCUT2D eigenvalue weighted by molar-refractivity contribution is 0.102. The van der Waals surface area contributed by atoms with Gasteiger partial charge in [-0.15, -0.1) is 11.3 Å². The van der Waals surface area contributed by atoms with Crippen LogP contribution < -0.4 is 4.72 Å². The first-order chi connectivity index (χ1) is 10.8. The van der Waals surface area contributed by atoms with Gasteiger partial charge in [0.05, 0.1) is 10.6 Å². The van der Waals surface area contributed by atoms with Gasteiger partial charge in [-0.3, -0.25) is 4.79 Å². The molecule has 8 heteroatoms. The molecular formula is C15H15F2NO3S2. The van der Waals surface area contributed by atoms with Crippen molar-refractivity contribution in [1.82, 2.24) is 4.72 Å². The fourth-order valence-corrected chi connectivity index (χ4v) is 3.99. The van der Waals surface area contributed by atoms with Crippen molar-refractivity contribution in [3.63, 3.8) is 0 Å². The van der Waals surface area contributed by atoms with E-state index in [0.29, 0.717) is 11.3 Å². The summed E-state index contributed by atoms with van der Waals surface area (Å²) in [6.07, 6.45) is 0.419. The van der Waals surface area contributed by atoms with Crippen LogP contribution in [0.4, 0.5) is 8.78 Å². The average molecular weight is 359 g/mol. The summed E-state index contributed by atoms with van der Waals surface area (Å²) >= 11 is 1.31. The molecule has 1 N–H and O–H groups in total. The van der Waals surface area contributed by atoms with E-state index < -0.39 is 27.4 Å². The van der Waals surface area contributed by atoms with E-state index in [-0.39, 0.29) is 17.9 Å². The fraction of sp³-hybridized carbons (Fsp3) is 0.267. The molecule has 0 saturated carbocycles. The molecule has 0 spiro atoms. The lowest BCUT2D eigenvalue weighted by Crippen LogP contribution is -2.27. The van der Waals surface area contributed by atoms with Crippen molar-refractivity contribution in [3.05, 3.63) is 57.3 Å². The SMILES string of the molecule is CC(=O)c1ccc(CCNS(=O)(=O)Cc2cc(F)ccc2F)s1. The van der Waals surface area contributed by atoms with Crippen LogP contribution in [0.15, 0.2) is 30.3 Å². The van der Waals surface area contributed by atoms with Crippen molar-refractivity contribution >= 4 is 27.1 Å². The maximum atomic E-state index is 13.5. The summed E-state index contributed by atoms with van der Waals surface area (Å²) in [6, 6.07) is 6.16. The van der Waals surface area contributed by atoms with Gasteiger partial charge in [0.2, 0.25) is 10.0 Å². The second kappa shape index (κ2) is 7.29. The van der Waals surface area contributed by atoms with Crippen molar-refractivity contribution in [2.24, 2.45) is 0 Å². The summed E-state index contributed by atoms with van der Waals surface area (Å²) in [4.78, 5) is 12.7. The third-order valence-electron chi connectivity index (χ3n) is 3.06. The molecule has 0 atom stereocenters. The highest BCUT2D eigenvalue weighted by molar-refractivity contribution is 7.88. The molecule has 124 valence electrons. The molecule has 0 aliphatic rings. The van der Waals surface area contributed by atoms with Gasteiger partial charge in [-0.2, -0.15) is 0 Å². The second-order valence-electron chi connectivity index (χ2n) is 4.96. The number of halogens is 2. The minimum Gasteiger partial charge on any atom is -0.294 e. The average Bonchev–Trinajstić information content (AvgIpc) is 2.91. The van der Waals surface area contributed by atoms with Gasteiger partial charge < -0.3 is 0 Å². The predicted octanol–water partition coefficient (Wildman–Crippen LogP) is 2.89. The zero-order valence-electron chi connectivity index (χ0n) is 12.3. The standard InChI is InChI=1S/C15H15F2NO3S2/c1-10(19)15-5-3-13(22-15)6-7-18-23(20,21)9-11-8-12(16)2-4-14(11)17/h2-5,8,18H,6-7,9H2,1H3. The number of carbonyl (C=O) groups excluding carboxylic acids is 1. The number of carbonyl (C=O) groups is 1. The molecule has 1 heterocycles. The van der Waals surface area contributed by atoms with Gasteiger partial charge in [0, 0.05) is 17.0 Å². The van der Waals surface area contributed by atoms with Crippen LogP contribution in [0.3, 0.4) is 0 Å². The molecule has 0 amide bonds. The number of Topliss-reactive ketones (excluding diaryl/α,β-unsaturated/α-hetero) is 1. The van der Waals surface area contributed by atoms with Crippen LogP contribution in [0.1, 0.15) is 27.0 Å². The summed E-state index contributed by atoms with van der Waals surface area (Å²) in [5, 5.41) is 0. The molecule has 4 nitrogen and oxygen atoms in total. The van der Waals surface area contributed by atoms with Crippen LogP contribution in [0.25, 0.3) is 0 Å². The van der Waals surface area contributed by atoms with Crippen molar-refractivity contribution in [2.75, 3.05) is 6.54 Å². The van der Waals surface area contributed by atoms with E-state index >= 15 is 0 Å². The number of hydrogen-bond acceptors (Lipinski definition) is 4. The van der Waals surface area contributed by atoms with Gasteiger partial charge in [0.1, 0.15) is 11.6 Å². The molecule has 0 aliphatic carbocycles. The van der Waals surface area contributed by atoms with Crippen molar-refractivity contribution in [3.8, 4) is 0 Å². The number of thiophene rings is 1. The predicted molar refractivity (Wildman–Crippen MR) is 85.0 cm³/mol.